The lowest BCUT2D eigenvalue weighted by molar-refractivity contribution is -0.116. The summed E-state index contributed by atoms with van der Waals surface area (Å²) in [7, 11) is 0. The first-order valence-corrected chi connectivity index (χ1v) is 9.08. The van der Waals surface area contributed by atoms with Gasteiger partial charge in [0.1, 0.15) is 5.76 Å². The molecule has 1 aromatic rings. The molecule has 1 spiro atoms. The minimum atomic E-state index is -0.528. The van der Waals surface area contributed by atoms with Gasteiger partial charge in [0.25, 0.3) is 5.91 Å². The van der Waals surface area contributed by atoms with Crippen LogP contribution in [0.15, 0.2) is 17.9 Å². The molecule has 2 aliphatic heterocycles. The third-order valence-corrected chi connectivity index (χ3v) is 5.85. The topological polar surface area (TPSA) is 49.3 Å². The van der Waals surface area contributed by atoms with Gasteiger partial charge in [-0.1, -0.05) is 19.1 Å². The molecule has 0 aliphatic carbocycles. The molecule has 0 radical (unpaired) electrons. The molecule has 0 bridgehead atoms. The molecule has 2 N–H and O–H groups in total. The van der Waals surface area contributed by atoms with Crippen molar-refractivity contribution in [3.05, 3.63) is 40.1 Å². The molecule has 1 saturated heterocycles. The number of nitrogens with one attached hydrogen (secondary N) is 1. The number of carbonyl (C=O) groups excluding carboxylic acids is 1. The SMILES string of the molecule is CCc1cc(C)c(C2=C(O)C3(CCSCC3)NC2=O)c(C)c1. The lowest BCUT2D eigenvalue weighted by Gasteiger charge is -2.33. The van der Waals surface area contributed by atoms with Gasteiger partial charge in [0.05, 0.1) is 11.1 Å². The third kappa shape index (κ3) is 2.34. The van der Waals surface area contributed by atoms with Crippen LogP contribution in [0.1, 0.15) is 42.0 Å². The molecular weight excluding hydrogens is 294 g/mol. The normalized spacial score (nSPS) is 20.6. The number of thioether (sulfide) groups is 1. The molecule has 3 rings (SSSR count). The molecule has 0 aromatic heterocycles. The Balaban J connectivity index is 2.13. The van der Waals surface area contributed by atoms with Crippen molar-refractivity contribution in [1.82, 2.24) is 5.32 Å². The smallest absolute Gasteiger partial charge is 0.256 e. The Morgan fingerprint density at radius 2 is 1.82 bits per heavy atom. The molecule has 118 valence electrons. The molecule has 0 unspecified atom stereocenters. The Labute approximate surface area is 136 Å². The van der Waals surface area contributed by atoms with E-state index in [2.05, 4.69) is 24.4 Å². The number of rotatable bonds is 2. The summed E-state index contributed by atoms with van der Waals surface area (Å²) in [6.45, 7) is 6.18. The summed E-state index contributed by atoms with van der Waals surface area (Å²) < 4.78 is 0. The number of benzene rings is 1. The first kappa shape index (κ1) is 15.5. The predicted octanol–water partition coefficient (Wildman–Crippen LogP) is 3.53. The second kappa shape index (κ2) is 5.65. The highest BCUT2D eigenvalue weighted by Gasteiger charge is 2.47. The Bertz CT molecular complexity index is 634. The van der Waals surface area contributed by atoms with Crippen LogP contribution in [0.2, 0.25) is 0 Å². The molecule has 0 saturated carbocycles. The number of hydrogen-bond acceptors (Lipinski definition) is 3. The average Bonchev–Trinajstić information content (AvgIpc) is 2.71. The molecule has 0 atom stereocenters. The fourth-order valence-electron chi connectivity index (χ4n) is 3.65. The molecule has 1 aromatic carbocycles. The Kier molecular flexibility index (Phi) is 3.98. The molecular formula is C18H23NO2S. The molecule has 2 aliphatic rings. The fourth-order valence-corrected chi connectivity index (χ4v) is 4.84. The van der Waals surface area contributed by atoms with Crippen molar-refractivity contribution in [3.8, 4) is 0 Å². The van der Waals surface area contributed by atoms with E-state index < -0.39 is 5.54 Å². The summed E-state index contributed by atoms with van der Waals surface area (Å²) in [5.74, 6) is 2.09. The maximum Gasteiger partial charge on any atom is 0.256 e. The van der Waals surface area contributed by atoms with E-state index in [0.29, 0.717) is 5.57 Å². The Morgan fingerprint density at radius 3 is 2.36 bits per heavy atom. The van der Waals surface area contributed by atoms with Crippen LogP contribution in [0.25, 0.3) is 5.57 Å². The van der Waals surface area contributed by atoms with E-state index in [1.54, 1.807) is 0 Å². The number of aryl methyl sites for hydroxylation is 3. The van der Waals surface area contributed by atoms with E-state index in [4.69, 9.17) is 0 Å². The van der Waals surface area contributed by atoms with E-state index in [-0.39, 0.29) is 11.7 Å². The van der Waals surface area contributed by atoms with E-state index in [1.165, 1.54) is 5.56 Å². The Hall–Kier alpha value is -1.42. The molecule has 2 heterocycles. The van der Waals surface area contributed by atoms with E-state index in [1.807, 2.05) is 25.6 Å². The summed E-state index contributed by atoms with van der Waals surface area (Å²) in [6, 6.07) is 4.25. The van der Waals surface area contributed by atoms with Crippen LogP contribution in [0.3, 0.4) is 0 Å². The van der Waals surface area contributed by atoms with Gasteiger partial charge in [0.15, 0.2) is 0 Å². The number of amides is 1. The second-order valence-corrected chi connectivity index (χ2v) is 7.56. The average molecular weight is 317 g/mol. The van der Waals surface area contributed by atoms with Gasteiger partial charge in [-0.15, -0.1) is 0 Å². The van der Waals surface area contributed by atoms with Crippen LogP contribution >= 0.6 is 11.8 Å². The van der Waals surface area contributed by atoms with Crippen LogP contribution in [0.5, 0.6) is 0 Å². The van der Waals surface area contributed by atoms with Crippen molar-refractivity contribution in [2.45, 2.75) is 45.6 Å². The third-order valence-electron chi connectivity index (χ3n) is 4.87. The van der Waals surface area contributed by atoms with Gasteiger partial charge < -0.3 is 10.4 Å². The van der Waals surface area contributed by atoms with Crippen molar-refractivity contribution in [3.63, 3.8) is 0 Å². The number of carbonyl (C=O) groups is 1. The lowest BCUT2D eigenvalue weighted by Crippen LogP contribution is -2.47. The molecule has 3 nitrogen and oxygen atoms in total. The fraction of sp³-hybridized carbons (Fsp3) is 0.500. The summed E-state index contributed by atoms with van der Waals surface area (Å²) in [5, 5.41) is 13.9. The maximum absolute atomic E-state index is 12.6. The minimum absolute atomic E-state index is 0.125. The van der Waals surface area contributed by atoms with Crippen LogP contribution in [-0.2, 0) is 11.2 Å². The van der Waals surface area contributed by atoms with Gasteiger partial charge in [-0.05, 0) is 66.9 Å². The van der Waals surface area contributed by atoms with Gasteiger partial charge in [0.2, 0.25) is 0 Å². The van der Waals surface area contributed by atoms with Gasteiger partial charge in [-0.2, -0.15) is 11.8 Å². The van der Waals surface area contributed by atoms with Crippen molar-refractivity contribution >= 4 is 23.2 Å². The summed E-state index contributed by atoms with van der Waals surface area (Å²) in [5.41, 5.74) is 4.26. The minimum Gasteiger partial charge on any atom is -0.509 e. The predicted molar refractivity (Wildman–Crippen MR) is 92.3 cm³/mol. The summed E-state index contributed by atoms with van der Waals surface area (Å²) in [6.07, 6.45) is 2.59. The first-order chi connectivity index (χ1) is 10.5. The van der Waals surface area contributed by atoms with Crippen LogP contribution < -0.4 is 5.32 Å². The van der Waals surface area contributed by atoms with Gasteiger partial charge in [0, 0.05) is 0 Å². The number of aliphatic hydroxyl groups is 1. The van der Waals surface area contributed by atoms with E-state index >= 15 is 0 Å². The summed E-state index contributed by atoms with van der Waals surface area (Å²) in [4.78, 5) is 12.6. The molecule has 1 amide bonds. The van der Waals surface area contributed by atoms with Crippen molar-refractivity contribution in [1.29, 1.82) is 0 Å². The van der Waals surface area contributed by atoms with Gasteiger partial charge >= 0.3 is 0 Å². The quantitative estimate of drug-likeness (QED) is 0.877. The van der Waals surface area contributed by atoms with Gasteiger partial charge in [-0.25, -0.2) is 0 Å². The zero-order chi connectivity index (χ0) is 15.9. The van der Waals surface area contributed by atoms with Crippen LogP contribution in [-0.4, -0.2) is 28.1 Å². The molecule has 22 heavy (non-hydrogen) atoms. The van der Waals surface area contributed by atoms with E-state index in [9.17, 15) is 9.90 Å². The van der Waals surface area contributed by atoms with Gasteiger partial charge in [-0.3, -0.25) is 4.79 Å². The zero-order valence-corrected chi connectivity index (χ0v) is 14.3. The lowest BCUT2D eigenvalue weighted by atomic mass is 9.87. The molecule has 1 fully saturated rings. The first-order valence-electron chi connectivity index (χ1n) is 7.93. The largest absolute Gasteiger partial charge is 0.509 e. The highest BCUT2D eigenvalue weighted by atomic mass is 32.2. The van der Waals surface area contributed by atoms with Crippen molar-refractivity contribution in [2.75, 3.05) is 11.5 Å². The standard InChI is InChI=1S/C18H23NO2S/c1-4-13-9-11(2)14(12(3)10-13)15-16(20)18(19-17(15)21)5-7-22-8-6-18/h9-10,20H,4-8H2,1-3H3,(H,19,21). The number of hydrogen-bond donors (Lipinski definition) is 2. The van der Waals surface area contributed by atoms with Crippen LogP contribution in [0.4, 0.5) is 0 Å². The second-order valence-electron chi connectivity index (χ2n) is 6.33. The van der Waals surface area contributed by atoms with Crippen molar-refractivity contribution in [2.24, 2.45) is 0 Å². The number of aliphatic hydroxyl groups excluding tert-OH is 1. The van der Waals surface area contributed by atoms with Crippen LogP contribution in [0, 0.1) is 13.8 Å². The highest BCUT2D eigenvalue weighted by Crippen LogP contribution is 2.41. The maximum atomic E-state index is 12.6. The molecule has 4 heteroatoms. The zero-order valence-electron chi connectivity index (χ0n) is 13.5. The monoisotopic (exact) mass is 317 g/mol. The van der Waals surface area contributed by atoms with Crippen molar-refractivity contribution < 1.29 is 9.90 Å². The van der Waals surface area contributed by atoms with E-state index in [0.717, 1.165) is 47.5 Å². The Morgan fingerprint density at radius 1 is 1.23 bits per heavy atom. The highest BCUT2D eigenvalue weighted by molar-refractivity contribution is 7.99. The summed E-state index contributed by atoms with van der Waals surface area (Å²) >= 11 is 1.88.